The maximum Gasteiger partial charge on any atom is 0.227 e. The summed E-state index contributed by atoms with van der Waals surface area (Å²) < 4.78 is 5.84. The number of nitrogens with zero attached hydrogens (tertiary/aromatic N) is 1. The van der Waals surface area contributed by atoms with E-state index in [1.807, 2.05) is 75.4 Å². The predicted octanol–water partition coefficient (Wildman–Crippen LogP) is 7.70. The number of Topliss-reactive ketones (excluding diaryl/α,β-unsaturated/α-hetero) is 1. The van der Waals surface area contributed by atoms with Gasteiger partial charge in [0.05, 0.1) is 5.69 Å². The number of hydrogen-bond donors (Lipinski definition) is 0. The maximum atomic E-state index is 12.7. The van der Waals surface area contributed by atoms with Gasteiger partial charge in [0.25, 0.3) is 0 Å². The van der Waals surface area contributed by atoms with E-state index in [-0.39, 0.29) is 5.78 Å². The van der Waals surface area contributed by atoms with Gasteiger partial charge in [0, 0.05) is 32.0 Å². The molecule has 0 aliphatic rings. The lowest BCUT2D eigenvalue weighted by molar-refractivity contribution is 0.0830. The van der Waals surface area contributed by atoms with E-state index in [4.69, 9.17) is 32.6 Å². The fourth-order valence-electron chi connectivity index (χ4n) is 3.16. The first kappa shape index (κ1) is 19.7. The van der Waals surface area contributed by atoms with Crippen molar-refractivity contribution in [1.29, 1.82) is 0 Å². The molecule has 0 amide bonds. The first-order valence-corrected chi connectivity index (χ1v) is 10.00. The molecule has 2 aromatic heterocycles. The minimum absolute atomic E-state index is 0.0668. The highest BCUT2D eigenvalue weighted by molar-refractivity contribution is 6.33. The zero-order chi connectivity index (χ0) is 20.8. The van der Waals surface area contributed by atoms with Gasteiger partial charge in [-0.25, -0.2) is 4.98 Å². The van der Waals surface area contributed by atoms with Crippen molar-refractivity contribution in [3.05, 3.63) is 76.5 Å². The quantitative estimate of drug-likeness (QED) is 0.317. The van der Waals surface area contributed by atoms with E-state index in [1.54, 1.807) is 6.07 Å². The van der Waals surface area contributed by atoms with Crippen molar-refractivity contribution in [2.45, 2.75) is 20.8 Å². The molecule has 29 heavy (non-hydrogen) atoms. The van der Waals surface area contributed by atoms with E-state index in [0.717, 1.165) is 22.1 Å². The third kappa shape index (κ3) is 3.81. The summed E-state index contributed by atoms with van der Waals surface area (Å²) in [5.41, 5.74) is 3.18. The van der Waals surface area contributed by atoms with Gasteiger partial charge in [0.15, 0.2) is 5.76 Å². The van der Waals surface area contributed by atoms with Crippen molar-refractivity contribution in [1.82, 2.24) is 4.98 Å². The van der Waals surface area contributed by atoms with Crippen molar-refractivity contribution in [3.8, 4) is 22.4 Å². The van der Waals surface area contributed by atoms with Crippen LogP contribution in [0, 0.1) is 5.41 Å². The summed E-state index contributed by atoms with van der Waals surface area (Å²) in [6, 6.07) is 18.8. The molecule has 0 bridgehead atoms. The van der Waals surface area contributed by atoms with Gasteiger partial charge >= 0.3 is 0 Å². The molecule has 0 radical (unpaired) electrons. The number of fused-ring (bicyclic) bond motifs is 1. The van der Waals surface area contributed by atoms with Crippen LogP contribution in [-0.2, 0) is 0 Å². The average Bonchev–Trinajstić information content (AvgIpc) is 3.09. The lowest BCUT2D eigenvalue weighted by Gasteiger charge is -2.13. The molecule has 0 saturated carbocycles. The summed E-state index contributed by atoms with van der Waals surface area (Å²) >= 11 is 12.5. The second-order valence-corrected chi connectivity index (χ2v) is 8.80. The van der Waals surface area contributed by atoms with Gasteiger partial charge in [-0.05, 0) is 35.9 Å². The summed E-state index contributed by atoms with van der Waals surface area (Å²) in [4.78, 5) is 17.4. The molecule has 0 aliphatic heterocycles. The highest BCUT2D eigenvalue weighted by Gasteiger charge is 2.27. The number of pyridine rings is 1. The van der Waals surface area contributed by atoms with Crippen LogP contribution >= 0.6 is 23.2 Å². The monoisotopic (exact) mass is 423 g/mol. The van der Waals surface area contributed by atoms with E-state index in [2.05, 4.69) is 0 Å². The van der Waals surface area contributed by atoms with E-state index in [1.165, 1.54) is 0 Å². The topological polar surface area (TPSA) is 43.1 Å². The van der Waals surface area contributed by atoms with E-state index in [9.17, 15) is 4.79 Å². The molecule has 146 valence electrons. The predicted molar refractivity (Wildman–Crippen MR) is 119 cm³/mol. The zero-order valence-electron chi connectivity index (χ0n) is 16.3. The Hall–Kier alpha value is -2.62. The Morgan fingerprint density at radius 1 is 0.931 bits per heavy atom. The lowest BCUT2D eigenvalue weighted by atomic mass is 9.89. The zero-order valence-corrected chi connectivity index (χ0v) is 17.8. The lowest BCUT2D eigenvalue weighted by Crippen LogP contribution is -2.19. The standard InChI is InChI=1S/C24H19Cl2NO2/c1-24(2,3)22(28)20-13-15-12-18(14-8-10-16(25)11-9-14)21(27-23(15)29-20)17-6-4-5-7-19(17)26/h4-13H,1-3H3. The van der Waals surface area contributed by atoms with Crippen molar-refractivity contribution >= 4 is 40.1 Å². The van der Waals surface area contributed by atoms with Crippen LogP contribution in [0.2, 0.25) is 10.0 Å². The molecular weight excluding hydrogens is 405 g/mol. The van der Waals surface area contributed by atoms with Crippen molar-refractivity contribution < 1.29 is 9.21 Å². The van der Waals surface area contributed by atoms with Crippen LogP contribution in [0.5, 0.6) is 0 Å². The summed E-state index contributed by atoms with van der Waals surface area (Å²) in [7, 11) is 0. The van der Waals surface area contributed by atoms with Gasteiger partial charge in [0.2, 0.25) is 11.5 Å². The number of carbonyl (C=O) groups excluding carboxylic acids is 1. The summed E-state index contributed by atoms with van der Waals surface area (Å²) in [6.45, 7) is 5.60. The van der Waals surface area contributed by atoms with Crippen molar-refractivity contribution in [3.63, 3.8) is 0 Å². The Balaban J connectivity index is 1.98. The number of halogens is 2. The van der Waals surface area contributed by atoms with E-state index < -0.39 is 5.41 Å². The maximum absolute atomic E-state index is 12.7. The van der Waals surface area contributed by atoms with Crippen LogP contribution in [-0.4, -0.2) is 10.8 Å². The molecule has 0 spiro atoms. The average molecular weight is 424 g/mol. The second-order valence-electron chi connectivity index (χ2n) is 7.96. The minimum Gasteiger partial charge on any atom is -0.435 e. The molecule has 0 N–H and O–H groups in total. The molecule has 5 heteroatoms. The number of carbonyl (C=O) groups is 1. The van der Waals surface area contributed by atoms with Crippen molar-refractivity contribution in [2.75, 3.05) is 0 Å². The smallest absolute Gasteiger partial charge is 0.227 e. The normalized spacial score (nSPS) is 11.8. The molecule has 0 saturated heterocycles. The number of benzene rings is 2. The molecule has 4 rings (SSSR count). The molecule has 0 fully saturated rings. The molecular formula is C24H19Cl2NO2. The third-order valence-corrected chi connectivity index (χ3v) is 5.28. The number of hydrogen-bond acceptors (Lipinski definition) is 3. The second kappa shape index (κ2) is 7.33. The summed E-state index contributed by atoms with van der Waals surface area (Å²) in [6.07, 6.45) is 0. The van der Waals surface area contributed by atoms with Crippen LogP contribution in [0.3, 0.4) is 0 Å². The number of rotatable bonds is 3. The molecule has 0 aliphatic carbocycles. The van der Waals surface area contributed by atoms with E-state index in [0.29, 0.717) is 27.2 Å². The highest BCUT2D eigenvalue weighted by atomic mass is 35.5. The van der Waals surface area contributed by atoms with Gasteiger partial charge in [0.1, 0.15) is 0 Å². The summed E-state index contributed by atoms with van der Waals surface area (Å²) in [5, 5.41) is 2.01. The van der Waals surface area contributed by atoms with Crippen LogP contribution in [0.4, 0.5) is 0 Å². The number of ketones is 1. The Labute approximate surface area is 179 Å². The van der Waals surface area contributed by atoms with Gasteiger partial charge in [-0.3, -0.25) is 4.79 Å². The molecule has 0 atom stereocenters. The fourth-order valence-corrected chi connectivity index (χ4v) is 3.51. The first-order chi connectivity index (χ1) is 13.7. The number of aromatic nitrogens is 1. The molecule has 3 nitrogen and oxygen atoms in total. The van der Waals surface area contributed by atoms with Crippen LogP contribution in [0.25, 0.3) is 33.5 Å². The SMILES string of the molecule is CC(C)(C)C(=O)c1cc2cc(-c3ccc(Cl)cc3)c(-c3ccccc3Cl)nc2o1. The van der Waals surface area contributed by atoms with Crippen LogP contribution in [0.1, 0.15) is 31.3 Å². The van der Waals surface area contributed by atoms with Gasteiger partial charge < -0.3 is 4.42 Å². The fraction of sp³-hybridized carbons (Fsp3) is 0.167. The minimum atomic E-state index is -0.543. The van der Waals surface area contributed by atoms with Crippen LogP contribution < -0.4 is 0 Å². The van der Waals surface area contributed by atoms with Crippen LogP contribution in [0.15, 0.2) is 65.1 Å². The summed E-state index contributed by atoms with van der Waals surface area (Å²) in [5.74, 6) is 0.237. The molecule has 2 aromatic carbocycles. The van der Waals surface area contributed by atoms with Gasteiger partial charge in [-0.15, -0.1) is 0 Å². The Bertz CT molecular complexity index is 1220. The molecule has 2 heterocycles. The Morgan fingerprint density at radius 3 is 2.28 bits per heavy atom. The largest absolute Gasteiger partial charge is 0.435 e. The Kier molecular flexibility index (Phi) is 4.97. The highest BCUT2D eigenvalue weighted by Crippen LogP contribution is 2.38. The molecule has 0 unspecified atom stereocenters. The first-order valence-electron chi connectivity index (χ1n) is 9.24. The number of furan rings is 1. The van der Waals surface area contributed by atoms with Gasteiger partial charge in [-0.1, -0.05) is 74.3 Å². The van der Waals surface area contributed by atoms with E-state index >= 15 is 0 Å². The third-order valence-electron chi connectivity index (χ3n) is 4.70. The molecule has 4 aromatic rings. The van der Waals surface area contributed by atoms with Gasteiger partial charge in [-0.2, -0.15) is 0 Å². The Morgan fingerprint density at radius 2 is 1.62 bits per heavy atom. The van der Waals surface area contributed by atoms with Crippen molar-refractivity contribution in [2.24, 2.45) is 5.41 Å².